The molecule has 1 atom stereocenters. The zero-order valence-corrected chi connectivity index (χ0v) is 17.3. The third kappa shape index (κ3) is 4.35. The van der Waals surface area contributed by atoms with Crippen molar-refractivity contribution in [2.45, 2.75) is 32.2 Å². The second-order valence-corrected chi connectivity index (χ2v) is 8.21. The van der Waals surface area contributed by atoms with E-state index in [-0.39, 0.29) is 41.7 Å². The van der Waals surface area contributed by atoms with Crippen LogP contribution < -0.4 is 5.73 Å². The minimum Gasteiger partial charge on any atom is -0.370 e. The van der Waals surface area contributed by atoms with Crippen LogP contribution in [0.25, 0.3) is 0 Å². The number of fused-ring (bicyclic) bond motifs is 1. The van der Waals surface area contributed by atoms with E-state index >= 15 is 0 Å². The average molecular weight is 419 g/mol. The predicted molar refractivity (Wildman–Crippen MR) is 114 cm³/mol. The number of rotatable bonds is 6. The zero-order chi connectivity index (χ0) is 22.0. The van der Waals surface area contributed by atoms with Gasteiger partial charge in [0, 0.05) is 25.1 Å². The number of nitrogens with two attached hydrogens (primary N) is 1. The molecule has 2 heterocycles. The third-order valence-corrected chi connectivity index (χ3v) is 6.01. The number of hydrogen-bond donors (Lipinski definition) is 1. The van der Waals surface area contributed by atoms with Gasteiger partial charge in [0.25, 0.3) is 17.7 Å². The average Bonchev–Trinajstić information content (AvgIpc) is 3.02. The summed E-state index contributed by atoms with van der Waals surface area (Å²) in [5.74, 6) is -0.966. The molecule has 0 spiro atoms. The summed E-state index contributed by atoms with van der Waals surface area (Å²) < 4.78 is 0. The highest BCUT2D eigenvalue weighted by molar-refractivity contribution is 6.22. The smallest absolute Gasteiger partial charge is 0.261 e. The summed E-state index contributed by atoms with van der Waals surface area (Å²) in [7, 11) is 0. The fourth-order valence-corrected chi connectivity index (χ4v) is 4.35. The number of carbonyl (C=O) groups excluding carboxylic acids is 4. The van der Waals surface area contributed by atoms with Crippen molar-refractivity contribution in [2.75, 3.05) is 13.1 Å². The van der Waals surface area contributed by atoms with E-state index in [4.69, 9.17) is 5.73 Å². The first kappa shape index (κ1) is 20.8. The van der Waals surface area contributed by atoms with Gasteiger partial charge in [-0.25, -0.2) is 0 Å². The SMILES string of the molecule is NC(=O)CCC1CCCN(C(=O)c2ccc3c(c2)C(=O)N(Cc2ccccc2)C3=O)C1. The van der Waals surface area contributed by atoms with E-state index in [0.29, 0.717) is 37.1 Å². The number of hydrogen-bond acceptors (Lipinski definition) is 4. The van der Waals surface area contributed by atoms with Crippen LogP contribution in [-0.4, -0.2) is 46.5 Å². The van der Waals surface area contributed by atoms with Crippen LogP contribution in [0.5, 0.6) is 0 Å². The maximum Gasteiger partial charge on any atom is 0.261 e. The van der Waals surface area contributed by atoms with Crippen molar-refractivity contribution in [3.05, 3.63) is 70.8 Å². The molecule has 2 N–H and O–H groups in total. The lowest BCUT2D eigenvalue weighted by Gasteiger charge is -2.32. The van der Waals surface area contributed by atoms with Crippen molar-refractivity contribution >= 4 is 23.6 Å². The van der Waals surface area contributed by atoms with Crippen molar-refractivity contribution in [2.24, 2.45) is 11.7 Å². The molecule has 2 aromatic carbocycles. The lowest BCUT2D eigenvalue weighted by atomic mass is 9.92. The molecular formula is C24H25N3O4. The molecule has 1 fully saturated rings. The number of likely N-dealkylation sites (tertiary alicyclic amines) is 1. The number of benzene rings is 2. The fourth-order valence-electron chi connectivity index (χ4n) is 4.35. The van der Waals surface area contributed by atoms with Gasteiger partial charge in [0.15, 0.2) is 0 Å². The Bertz CT molecular complexity index is 1030. The Labute approximate surface area is 180 Å². The first-order valence-corrected chi connectivity index (χ1v) is 10.6. The van der Waals surface area contributed by atoms with Gasteiger partial charge in [0.1, 0.15) is 0 Å². The Morgan fingerprint density at radius 1 is 1.00 bits per heavy atom. The second-order valence-electron chi connectivity index (χ2n) is 8.21. The molecule has 0 radical (unpaired) electrons. The van der Waals surface area contributed by atoms with E-state index in [1.165, 1.54) is 11.0 Å². The van der Waals surface area contributed by atoms with Crippen LogP contribution in [0.15, 0.2) is 48.5 Å². The van der Waals surface area contributed by atoms with Crippen LogP contribution in [0.4, 0.5) is 0 Å². The Hall–Kier alpha value is -3.48. The molecule has 0 aromatic heterocycles. The summed E-state index contributed by atoms with van der Waals surface area (Å²) in [5.41, 5.74) is 7.11. The molecule has 31 heavy (non-hydrogen) atoms. The Balaban J connectivity index is 1.49. The molecule has 2 aromatic rings. The molecule has 2 aliphatic heterocycles. The molecular weight excluding hydrogens is 394 g/mol. The van der Waals surface area contributed by atoms with Gasteiger partial charge in [-0.05, 0) is 48.9 Å². The van der Waals surface area contributed by atoms with E-state index in [1.807, 2.05) is 30.3 Å². The molecule has 0 saturated carbocycles. The van der Waals surface area contributed by atoms with E-state index < -0.39 is 0 Å². The van der Waals surface area contributed by atoms with E-state index in [9.17, 15) is 19.2 Å². The van der Waals surface area contributed by atoms with E-state index in [1.54, 1.807) is 17.0 Å². The van der Waals surface area contributed by atoms with Gasteiger partial charge in [0.05, 0.1) is 17.7 Å². The lowest BCUT2D eigenvalue weighted by molar-refractivity contribution is -0.118. The number of carbonyl (C=O) groups is 4. The Kier molecular flexibility index (Phi) is 5.84. The first-order valence-electron chi connectivity index (χ1n) is 10.6. The highest BCUT2D eigenvalue weighted by Gasteiger charge is 2.36. The van der Waals surface area contributed by atoms with E-state index in [0.717, 1.165) is 18.4 Å². The predicted octanol–water partition coefficient (Wildman–Crippen LogP) is 2.60. The van der Waals surface area contributed by atoms with Gasteiger partial charge in [-0.3, -0.25) is 24.1 Å². The molecule has 7 nitrogen and oxygen atoms in total. The zero-order valence-electron chi connectivity index (χ0n) is 17.3. The number of nitrogens with zero attached hydrogens (tertiary/aromatic N) is 2. The summed E-state index contributed by atoms with van der Waals surface area (Å²) in [6, 6.07) is 14.1. The van der Waals surface area contributed by atoms with Crippen molar-refractivity contribution in [3.63, 3.8) is 0 Å². The number of amides is 4. The maximum absolute atomic E-state index is 13.1. The van der Waals surface area contributed by atoms with Gasteiger partial charge < -0.3 is 10.6 Å². The number of imide groups is 1. The summed E-state index contributed by atoms with van der Waals surface area (Å²) in [6.07, 6.45) is 2.81. The van der Waals surface area contributed by atoms with E-state index in [2.05, 4.69) is 0 Å². The Morgan fingerprint density at radius 3 is 2.48 bits per heavy atom. The molecule has 2 aliphatic rings. The van der Waals surface area contributed by atoms with Crippen LogP contribution >= 0.6 is 0 Å². The highest BCUT2D eigenvalue weighted by Crippen LogP contribution is 2.27. The number of piperidine rings is 1. The molecule has 7 heteroatoms. The second kappa shape index (κ2) is 8.71. The van der Waals surface area contributed by atoms with Crippen molar-refractivity contribution in [1.29, 1.82) is 0 Å². The van der Waals surface area contributed by atoms with Crippen LogP contribution in [-0.2, 0) is 11.3 Å². The molecule has 160 valence electrons. The topological polar surface area (TPSA) is 101 Å². The van der Waals surface area contributed by atoms with Gasteiger partial charge in [-0.1, -0.05) is 30.3 Å². The van der Waals surface area contributed by atoms with Crippen molar-refractivity contribution in [3.8, 4) is 0 Å². The summed E-state index contributed by atoms with van der Waals surface area (Å²) in [4.78, 5) is 52.8. The van der Waals surface area contributed by atoms with Gasteiger partial charge in [0.2, 0.25) is 5.91 Å². The number of primary amides is 1. The largest absolute Gasteiger partial charge is 0.370 e. The van der Waals surface area contributed by atoms with Crippen LogP contribution in [0, 0.1) is 5.92 Å². The van der Waals surface area contributed by atoms with Crippen LogP contribution in [0.1, 0.15) is 62.3 Å². The standard InChI is InChI=1S/C24H25N3O4/c25-21(28)11-8-17-7-4-12-26(14-17)22(29)18-9-10-19-20(13-18)24(31)27(23(19)30)15-16-5-2-1-3-6-16/h1-3,5-6,9-10,13,17H,4,7-8,11-12,14-15H2,(H2,25,28). The van der Waals surface area contributed by atoms with Crippen molar-refractivity contribution < 1.29 is 19.2 Å². The van der Waals surface area contributed by atoms with Crippen molar-refractivity contribution in [1.82, 2.24) is 9.80 Å². The monoisotopic (exact) mass is 419 g/mol. The van der Waals surface area contributed by atoms with Crippen LogP contribution in [0.2, 0.25) is 0 Å². The molecule has 4 rings (SSSR count). The van der Waals surface area contributed by atoms with Crippen LogP contribution in [0.3, 0.4) is 0 Å². The van der Waals surface area contributed by atoms with Gasteiger partial charge in [-0.2, -0.15) is 0 Å². The fraction of sp³-hybridized carbons (Fsp3) is 0.333. The first-order chi connectivity index (χ1) is 14.9. The lowest BCUT2D eigenvalue weighted by Crippen LogP contribution is -2.40. The quantitative estimate of drug-likeness (QED) is 0.727. The minimum absolute atomic E-state index is 0.159. The molecule has 0 aliphatic carbocycles. The van der Waals surface area contributed by atoms with Gasteiger partial charge >= 0.3 is 0 Å². The molecule has 1 saturated heterocycles. The highest BCUT2D eigenvalue weighted by atomic mass is 16.2. The molecule has 1 unspecified atom stereocenters. The third-order valence-electron chi connectivity index (χ3n) is 6.01. The maximum atomic E-state index is 13.1. The Morgan fingerprint density at radius 2 is 1.74 bits per heavy atom. The summed E-state index contributed by atoms with van der Waals surface area (Å²) in [6.45, 7) is 1.40. The summed E-state index contributed by atoms with van der Waals surface area (Å²) >= 11 is 0. The summed E-state index contributed by atoms with van der Waals surface area (Å²) in [5, 5.41) is 0. The normalized spacial score (nSPS) is 18.3. The molecule has 4 amide bonds. The minimum atomic E-state index is -0.378. The van der Waals surface area contributed by atoms with Gasteiger partial charge in [-0.15, -0.1) is 0 Å². The molecule has 0 bridgehead atoms.